The molecule has 1 spiro atoms. The summed E-state index contributed by atoms with van der Waals surface area (Å²) in [5.74, 6) is 1.92. The number of carbonyl (C=O) groups excluding carboxylic acids is 1. The van der Waals surface area contributed by atoms with E-state index in [0.717, 1.165) is 63.5 Å². The molecule has 2 saturated heterocycles. The average Bonchev–Trinajstić information content (AvgIpc) is 3.29. The minimum absolute atomic E-state index is 0.0753. The molecule has 142 valence electrons. The van der Waals surface area contributed by atoms with Gasteiger partial charge in [-0.3, -0.25) is 9.69 Å². The van der Waals surface area contributed by atoms with Gasteiger partial charge in [0.1, 0.15) is 0 Å². The molecule has 0 aromatic carbocycles. The molecule has 3 heterocycles. The lowest BCUT2D eigenvalue weighted by atomic mass is 9.77. The third-order valence-corrected chi connectivity index (χ3v) is 6.80. The first-order valence-electron chi connectivity index (χ1n) is 10.2. The van der Waals surface area contributed by atoms with E-state index in [-0.39, 0.29) is 5.41 Å². The van der Waals surface area contributed by atoms with E-state index in [4.69, 9.17) is 4.74 Å². The molecular formula is C21H31N3O2. The van der Waals surface area contributed by atoms with Gasteiger partial charge >= 0.3 is 0 Å². The largest absolute Gasteiger partial charge is 0.481 e. The van der Waals surface area contributed by atoms with Gasteiger partial charge in [-0.05, 0) is 57.2 Å². The molecule has 1 aromatic rings. The Morgan fingerprint density at radius 1 is 1.19 bits per heavy atom. The third kappa shape index (κ3) is 3.46. The van der Waals surface area contributed by atoms with Crippen LogP contribution >= 0.6 is 0 Å². The topological polar surface area (TPSA) is 45.7 Å². The van der Waals surface area contributed by atoms with Crippen LogP contribution in [0.15, 0.2) is 18.3 Å². The number of hydrogen-bond donors (Lipinski definition) is 0. The Morgan fingerprint density at radius 2 is 1.92 bits per heavy atom. The maximum absolute atomic E-state index is 13.1. The minimum Gasteiger partial charge on any atom is -0.481 e. The molecular weight excluding hydrogens is 326 g/mol. The fourth-order valence-corrected chi connectivity index (χ4v) is 5.14. The van der Waals surface area contributed by atoms with E-state index in [2.05, 4.69) is 20.9 Å². The van der Waals surface area contributed by atoms with Gasteiger partial charge in [0, 0.05) is 31.4 Å². The van der Waals surface area contributed by atoms with Crippen molar-refractivity contribution in [1.29, 1.82) is 0 Å². The lowest BCUT2D eigenvalue weighted by Gasteiger charge is -2.38. The Kier molecular flexibility index (Phi) is 5.16. The van der Waals surface area contributed by atoms with Crippen molar-refractivity contribution >= 4 is 5.91 Å². The summed E-state index contributed by atoms with van der Waals surface area (Å²) in [6.45, 7) is 4.82. The monoisotopic (exact) mass is 357 g/mol. The Labute approximate surface area is 156 Å². The van der Waals surface area contributed by atoms with E-state index >= 15 is 0 Å². The second-order valence-corrected chi connectivity index (χ2v) is 8.38. The SMILES string of the molecule is COc1ncccc1CN1CCC2(CC1)CCN(CC1CCCC1)C2=O. The van der Waals surface area contributed by atoms with Crippen molar-refractivity contribution in [2.45, 2.75) is 51.5 Å². The smallest absolute Gasteiger partial charge is 0.228 e. The van der Waals surface area contributed by atoms with Crippen LogP contribution in [0.3, 0.4) is 0 Å². The zero-order chi connectivity index (χ0) is 18.0. The van der Waals surface area contributed by atoms with E-state index in [1.54, 1.807) is 13.3 Å². The Balaban J connectivity index is 1.33. The fraction of sp³-hybridized carbons (Fsp3) is 0.714. The van der Waals surface area contributed by atoms with Gasteiger partial charge in [-0.25, -0.2) is 4.98 Å². The molecule has 4 rings (SSSR count). The number of ether oxygens (including phenoxy) is 1. The predicted molar refractivity (Wildman–Crippen MR) is 101 cm³/mol. The number of carbonyl (C=O) groups is 1. The van der Waals surface area contributed by atoms with Crippen LogP contribution in [0.1, 0.15) is 50.5 Å². The van der Waals surface area contributed by atoms with Crippen LogP contribution in [0.5, 0.6) is 5.88 Å². The van der Waals surface area contributed by atoms with Crippen molar-refractivity contribution in [3.63, 3.8) is 0 Å². The van der Waals surface area contributed by atoms with Crippen LogP contribution < -0.4 is 4.74 Å². The Hall–Kier alpha value is -1.62. The first-order valence-corrected chi connectivity index (χ1v) is 10.2. The number of nitrogens with zero attached hydrogens (tertiary/aromatic N) is 3. The maximum Gasteiger partial charge on any atom is 0.228 e. The number of hydrogen-bond acceptors (Lipinski definition) is 4. The van der Waals surface area contributed by atoms with Gasteiger partial charge < -0.3 is 9.64 Å². The third-order valence-electron chi connectivity index (χ3n) is 6.80. The summed E-state index contributed by atoms with van der Waals surface area (Å²) >= 11 is 0. The zero-order valence-electron chi connectivity index (χ0n) is 16.0. The van der Waals surface area contributed by atoms with Crippen LogP contribution in [-0.2, 0) is 11.3 Å². The molecule has 3 fully saturated rings. The second kappa shape index (κ2) is 7.55. The highest BCUT2D eigenvalue weighted by Gasteiger charge is 2.48. The van der Waals surface area contributed by atoms with Crippen LogP contribution in [0.4, 0.5) is 0 Å². The molecule has 0 radical (unpaired) electrons. The molecule has 2 aliphatic heterocycles. The summed E-state index contributed by atoms with van der Waals surface area (Å²) in [4.78, 5) is 22.0. The van der Waals surface area contributed by atoms with Crippen molar-refractivity contribution < 1.29 is 9.53 Å². The van der Waals surface area contributed by atoms with Crippen molar-refractivity contribution in [3.8, 4) is 5.88 Å². The number of aromatic nitrogens is 1. The van der Waals surface area contributed by atoms with Gasteiger partial charge in [0.25, 0.3) is 0 Å². The highest BCUT2D eigenvalue weighted by molar-refractivity contribution is 5.85. The van der Waals surface area contributed by atoms with Crippen LogP contribution in [-0.4, -0.2) is 54.0 Å². The standard InChI is InChI=1S/C21H31N3O2/c1-26-19-18(7-4-11-22-19)16-23-12-8-21(9-13-23)10-14-24(20(21)25)15-17-5-2-3-6-17/h4,7,11,17H,2-3,5-6,8-10,12-16H2,1H3. The summed E-state index contributed by atoms with van der Waals surface area (Å²) in [6.07, 6.45) is 10.2. The van der Waals surface area contributed by atoms with E-state index in [1.165, 1.54) is 25.7 Å². The number of likely N-dealkylation sites (tertiary alicyclic amines) is 2. The van der Waals surface area contributed by atoms with E-state index in [1.807, 2.05) is 6.07 Å². The lowest BCUT2D eigenvalue weighted by Crippen LogP contribution is -2.45. The van der Waals surface area contributed by atoms with Crippen molar-refractivity contribution in [1.82, 2.24) is 14.8 Å². The fourth-order valence-electron chi connectivity index (χ4n) is 5.14. The molecule has 0 unspecified atom stereocenters. The number of amides is 1. The van der Waals surface area contributed by atoms with Gasteiger partial charge in [-0.2, -0.15) is 0 Å². The van der Waals surface area contributed by atoms with Crippen LogP contribution in [0.2, 0.25) is 0 Å². The predicted octanol–water partition coefficient (Wildman–Crippen LogP) is 3.09. The summed E-state index contributed by atoms with van der Waals surface area (Å²) in [6, 6.07) is 4.05. The van der Waals surface area contributed by atoms with Crippen LogP contribution in [0.25, 0.3) is 0 Å². The first-order chi connectivity index (χ1) is 12.7. The van der Waals surface area contributed by atoms with Gasteiger partial charge in [-0.15, -0.1) is 0 Å². The Morgan fingerprint density at radius 3 is 2.65 bits per heavy atom. The minimum atomic E-state index is -0.0753. The zero-order valence-corrected chi connectivity index (χ0v) is 16.0. The summed E-state index contributed by atoms with van der Waals surface area (Å²) in [5, 5.41) is 0. The molecule has 1 aliphatic carbocycles. The van der Waals surface area contributed by atoms with Crippen molar-refractivity contribution in [2.24, 2.45) is 11.3 Å². The second-order valence-electron chi connectivity index (χ2n) is 8.38. The van der Waals surface area contributed by atoms with Crippen molar-refractivity contribution in [2.75, 3.05) is 33.3 Å². The lowest BCUT2D eigenvalue weighted by molar-refractivity contribution is -0.139. The van der Waals surface area contributed by atoms with Crippen molar-refractivity contribution in [3.05, 3.63) is 23.9 Å². The highest BCUT2D eigenvalue weighted by atomic mass is 16.5. The molecule has 0 N–H and O–H groups in total. The van der Waals surface area contributed by atoms with E-state index < -0.39 is 0 Å². The van der Waals surface area contributed by atoms with Gasteiger partial charge in [0.15, 0.2) is 0 Å². The normalized spacial score (nSPS) is 23.9. The van der Waals surface area contributed by atoms with Gasteiger partial charge in [0.2, 0.25) is 11.8 Å². The van der Waals surface area contributed by atoms with Gasteiger partial charge in [-0.1, -0.05) is 18.9 Å². The molecule has 0 bridgehead atoms. The molecule has 5 nitrogen and oxygen atoms in total. The molecule has 1 amide bonds. The number of rotatable bonds is 5. The maximum atomic E-state index is 13.1. The highest BCUT2D eigenvalue weighted by Crippen LogP contribution is 2.42. The summed E-state index contributed by atoms with van der Waals surface area (Å²) in [7, 11) is 1.67. The summed E-state index contributed by atoms with van der Waals surface area (Å²) < 4.78 is 5.38. The van der Waals surface area contributed by atoms with Gasteiger partial charge in [0.05, 0.1) is 12.5 Å². The number of pyridine rings is 1. The Bertz CT molecular complexity index is 634. The molecule has 5 heteroatoms. The average molecular weight is 357 g/mol. The molecule has 26 heavy (non-hydrogen) atoms. The number of piperidine rings is 1. The summed E-state index contributed by atoms with van der Waals surface area (Å²) in [5.41, 5.74) is 1.06. The molecule has 1 saturated carbocycles. The molecule has 0 atom stereocenters. The van der Waals surface area contributed by atoms with E-state index in [0.29, 0.717) is 11.8 Å². The molecule has 1 aromatic heterocycles. The number of methoxy groups -OCH3 is 1. The quantitative estimate of drug-likeness (QED) is 0.812. The van der Waals surface area contributed by atoms with Crippen LogP contribution in [0, 0.1) is 11.3 Å². The molecule has 3 aliphatic rings. The first kappa shape index (κ1) is 17.8. The van der Waals surface area contributed by atoms with E-state index in [9.17, 15) is 4.79 Å².